The van der Waals surface area contributed by atoms with Crippen LogP contribution in [0.5, 0.6) is 0 Å². The van der Waals surface area contributed by atoms with E-state index in [4.69, 9.17) is 4.74 Å². The molecular weight excluding hydrogens is 240 g/mol. The number of rotatable bonds is 3. The predicted molar refractivity (Wildman–Crippen MR) is 74.5 cm³/mol. The van der Waals surface area contributed by atoms with Crippen LogP contribution in [0.25, 0.3) is 0 Å². The zero-order valence-corrected chi connectivity index (χ0v) is 12.0. The maximum absolute atomic E-state index is 12.0. The van der Waals surface area contributed by atoms with Gasteiger partial charge in [0.25, 0.3) is 0 Å². The van der Waals surface area contributed by atoms with E-state index in [0.29, 0.717) is 12.3 Å². The van der Waals surface area contributed by atoms with Crippen molar-refractivity contribution in [2.45, 2.75) is 52.2 Å². The van der Waals surface area contributed by atoms with Crippen LogP contribution >= 0.6 is 0 Å². The van der Waals surface area contributed by atoms with Crippen LogP contribution in [0.2, 0.25) is 0 Å². The summed E-state index contributed by atoms with van der Waals surface area (Å²) in [7, 11) is 0. The van der Waals surface area contributed by atoms with Gasteiger partial charge in [-0.2, -0.15) is 0 Å². The molecule has 5 atom stereocenters. The Kier molecular flexibility index (Phi) is 4.46. The van der Waals surface area contributed by atoms with E-state index in [-0.39, 0.29) is 23.9 Å². The summed E-state index contributed by atoms with van der Waals surface area (Å²) in [6.45, 7) is 6.06. The van der Waals surface area contributed by atoms with Gasteiger partial charge in [0.1, 0.15) is 6.10 Å². The van der Waals surface area contributed by atoms with Gasteiger partial charge in [0, 0.05) is 12.3 Å². The molecule has 0 fully saturated rings. The summed E-state index contributed by atoms with van der Waals surface area (Å²) in [6.07, 6.45) is 7.74. The van der Waals surface area contributed by atoms with E-state index in [2.05, 4.69) is 19.1 Å². The van der Waals surface area contributed by atoms with Crippen LogP contribution in [0, 0.1) is 17.8 Å². The molecule has 19 heavy (non-hydrogen) atoms. The Hall–Kier alpha value is -1.09. The van der Waals surface area contributed by atoms with E-state index in [1.807, 2.05) is 19.9 Å². The Morgan fingerprint density at radius 3 is 3.00 bits per heavy atom. The normalized spacial score (nSPS) is 35.3. The minimum atomic E-state index is -0.504. The Labute approximate surface area is 115 Å². The number of aliphatic hydroxyl groups excluding tert-OH is 1. The number of aliphatic hydroxyl groups is 1. The molecule has 2 aliphatic carbocycles. The lowest BCUT2D eigenvalue weighted by Gasteiger charge is -2.39. The van der Waals surface area contributed by atoms with Gasteiger partial charge in [-0.15, -0.1) is 0 Å². The van der Waals surface area contributed by atoms with Crippen molar-refractivity contribution in [2.75, 3.05) is 0 Å². The second-order valence-corrected chi connectivity index (χ2v) is 5.90. The SMILES string of the molecule is CCC(C)C(=O)OC1CC(O)C=C2C=CCC(C)C21. The molecule has 0 saturated carbocycles. The number of hydrogen-bond donors (Lipinski definition) is 1. The fourth-order valence-electron chi connectivity index (χ4n) is 2.98. The van der Waals surface area contributed by atoms with Crippen molar-refractivity contribution < 1.29 is 14.6 Å². The maximum atomic E-state index is 12.0. The molecule has 106 valence electrons. The minimum Gasteiger partial charge on any atom is -0.461 e. The lowest BCUT2D eigenvalue weighted by Crippen LogP contribution is -2.40. The highest BCUT2D eigenvalue weighted by atomic mass is 16.5. The summed E-state index contributed by atoms with van der Waals surface area (Å²) in [5, 5.41) is 9.91. The molecule has 0 aromatic heterocycles. The average molecular weight is 264 g/mol. The molecule has 2 rings (SSSR count). The van der Waals surface area contributed by atoms with Crippen molar-refractivity contribution in [3.05, 3.63) is 23.8 Å². The molecule has 0 aromatic carbocycles. The highest BCUT2D eigenvalue weighted by molar-refractivity contribution is 5.72. The summed E-state index contributed by atoms with van der Waals surface area (Å²) in [5.74, 6) is 0.489. The third kappa shape index (κ3) is 3.08. The summed E-state index contributed by atoms with van der Waals surface area (Å²) < 4.78 is 5.68. The molecule has 3 nitrogen and oxygen atoms in total. The molecule has 0 amide bonds. The number of carbonyl (C=O) groups is 1. The quantitative estimate of drug-likeness (QED) is 0.797. The zero-order valence-electron chi connectivity index (χ0n) is 12.0. The summed E-state index contributed by atoms with van der Waals surface area (Å²) >= 11 is 0. The first-order chi connectivity index (χ1) is 9.02. The maximum Gasteiger partial charge on any atom is 0.308 e. The molecule has 0 aliphatic heterocycles. The van der Waals surface area contributed by atoms with Crippen LogP contribution in [0.4, 0.5) is 0 Å². The molecule has 3 heteroatoms. The number of esters is 1. The van der Waals surface area contributed by atoms with Gasteiger partial charge < -0.3 is 9.84 Å². The fourth-order valence-corrected chi connectivity index (χ4v) is 2.98. The molecule has 0 heterocycles. The first kappa shape index (κ1) is 14.3. The number of allylic oxidation sites excluding steroid dienone is 2. The van der Waals surface area contributed by atoms with Crippen molar-refractivity contribution in [3.63, 3.8) is 0 Å². The molecule has 0 radical (unpaired) electrons. The highest BCUT2D eigenvalue weighted by Gasteiger charge is 2.38. The Bertz CT molecular complexity index is 397. The first-order valence-corrected chi connectivity index (χ1v) is 7.29. The second-order valence-electron chi connectivity index (χ2n) is 5.90. The largest absolute Gasteiger partial charge is 0.461 e. The van der Waals surface area contributed by atoms with Gasteiger partial charge in [0.15, 0.2) is 0 Å². The standard InChI is InChI=1S/C16H24O3/c1-4-10(2)16(18)19-14-9-13(17)8-12-7-5-6-11(3)15(12)14/h5,7-8,10-11,13-15,17H,4,6,9H2,1-3H3. The third-order valence-corrected chi connectivity index (χ3v) is 4.36. The van der Waals surface area contributed by atoms with E-state index in [9.17, 15) is 9.90 Å². The number of fused-ring (bicyclic) bond motifs is 1. The van der Waals surface area contributed by atoms with Gasteiger partial charge in [-0.3, -0.25) is 4.79 Å². The van der Waals surface area contributed by atoms with Gasteiger partial charge in [-0.1, -0.05) is 39.0 Å². The first-order valence-electron chi connectivity index (χ1n) is 7.29. The lowest BCUT2D eigenvalue weighted by molar-refractivity contribution is -0.158. The molecule has 0 aromatic rings. The minimum absolute atomic E-state index is 0.0686. The molecule has 1 N–H and O–H groups in total. The Morgan fingerprint density at radius 2 is 2.32 bits per heavy atom. The van der Waals surface area contributed by atoms with Crippen LogP contribution in [-0.2, 0) is 9.53 Å². The summed E-state index contributed by atoms with van der Waals surface area (Å²) in [4.78, 5) is 12.0. The molecule has 0 saturated heterocycles. The predicted octanol–water partition coefficient (Wildman–Crippen LogP) is 2.85. The zero-order chi connectivity index (χ0) is 14.0. The molecule has 2 aliphatic rings. The van der Waals surface area contributed by atoms with E-state index >= 15 is 0 Å². The number of carbonyl (C=O) groups excluding carboxylic acids is 1. The van der Waals surface area contributed by atoms with Crippen molar-refractivity contribution in [2.24, 2.45) is 17.8 Å². The smallest absolute Gasteiger partial charge is 0.308 e. The lowest BCUT2D eigenvalue weighted by atomic mass is 9.72. The van der Waals surface area contributed by atoms with Crippen molar-refractivity contribution in [1.82, 2.24) is 0 Å². The average Bonchev–Trinajstić information content (AvgIpc) is 2.37. The van der Waals surface area contributed by atoms with E-state index in [1.54, 1.807) is 0 Å². The van der Waals surface area contributed by atoms with Crippen molar-refractivity contribution in [1.29, 1.82) is 0 Å². The van der Waals surface area contributed by atoms with Gasteiger partial charge in [0.2, 0.25) is 0 Å². The van der Waals surface area contributed by atoms with Crippen LogP contribution in [0.3, 0.4) is 0 Å². The van der Waals surface area contributed by atoms with Gasteiger partial charge in [0.05, 0.1) is 12.0 Å². The van der Waals surface area contributed by atoms with Crippen LogP contribution in [-0.4, -0.2) is 23.3 Å². The highest BCUT2D eigenvalue weighted by Crippen LogP contribution is 2.39. The molecule has 0 bridgehead atoms. The fraction of sp³-hybridized carbons (Fsp3) is 0.688. The second kappa shape index (κ2) is 5.91. The van der Waals surface area contributed by atoms with Gasteiger partial charge in [-0.05, 0) is 24.3 Å². The van der Waals surface area contributed by atoms with Crippen LogP contribution in [0.15, 0.2) is 23.8 Å². The van der Waals surface area contributed by atoms with Crippen molar-refractivity contribution in [3.8, 4) is 0 Å². The molecule has 5 unspecified atom stereocenters. The summed E-state index contributed by atoms with van der Waals surface area (Å²) in [5.41, 5.74) is 1.12. The number of hydrogen-bond acceptors (Lipinski definition) is 3. The van der Waals surface area contributed by atoms with E-state index in [0.717, 1.165) is 18.4 Å². The molecule has 0 spiro atoms. The monoisotopic (exact) mass is 264 g/mol. The van der Waals surface area contributed by atoms with Crippen LogP contribution in [0.1, 0.15) is 40.0 Å². The Morgan fingerprint density at radius 1 is 1.58 bits per heavy atom. The van der Waals surface area contributed by atoms with Crippen molar-refractivity contribution >= 4 is 5.97 Å². The van der Waals surface area contributed by atoms with E-state index < -0.39 is 6.10 Å². The van der Waals surface area contributed by atoms with Crippen LogP contribution < -0.4 is 0 Å². The van der Waals surface area contributed by atoms with Gasteiger partial charge >= 0.3 is 5.97 Å². The number of ether oxygens (including phenoxy) is 1. The topological polar surface area (TPSA) is 46.5 Å². The molecular formula is C16H24O3. The summed E-state index contributed by atoms with van der Waals surface area (Å²) in [6, 6.07) is 0. The Balaban J connectivity index is 2.14. The van der Waals surface area contributed by atoms with Gasteiger partial charge in [-0.25, -0.2) is 0 Å². The third-order valence-electron chi connectivity index (χ3n) is 4.36. The van der Waals surface area contributed by atoms with E-state index in [1.165, 1.54) is 0 Å².